The minimum Gasteiger partial charge on any atom is -0.464 e. The van der Waals surface area contributed by atoms with Gasteiger partial charge in [0.25, 0.3) is 0 Å². The van der Waals surface area contributed by atoms with Crippen LogP contribution in [0.4, 0.5) is 0 Å². The molecule has 0 bridgehead atoms. The number of tetrazole rings is 1. The standard InChI is InChI=1S/C25H23N5O2/c1-2-32-25(31)22(17-18-13-15-21(16-14-18)24-27-29-30-28-24)26-23(19-9-5-3-6-10-19)20-11-7-4-8-12-20/h3-16,22H,2,17H2,1H3,(H,27,28,29,30). The highest BCUT2D eigenvalue weighted by molar-refractivity contribution is 6.13. The maximum atomic E-state index is 12.8. The van der Waals surface area contributed by atoms with Crippen molar-refractivity contribution in [2.45, 2.75) is 19.4 Å². The number of carbonyl (C=O) groups is 1. The van der Waals surface area contributed by atoms with E-state index in [9.17, 15) is 4.79 Å². The van der Waals surface area contributed by atoms with Gasteiger partial charge in [-0.05, 0) is 17.7 Å². The maximum Gasteiger partial charge on any atom is 0.331 e. The van der Waals surface area contributed by atoms with Crippen LogP contribution >= 0.6 is 0 Å². The maximum absolute atomic E-state index is 12.8. The number of ether oxygens (including phenoxy) is 1. The van der Waals surface area contributed by atoms with Crippen LogP contribution in [0.25, 0.3) is 11.4 Å². The summed E-state index contributed by atoms with van der Waals surface area (Å²) in [7, 11) is 0. The molecule has 3 aromatic carbocycles. The molecule has 7 nitrogen and oxygen atoms in total. The highest BCUT2D eigenvalue weighted by atomic mass is 16.5. The van der Waals surface area contributed by atoms with Crippen LogP contribution in [0, 0.1) is 0 Å². The summed E-state index contributed by atoms with van der Waals surface area (Å²) in [5.74, 6) is 0.172. The van der Waals surface area contributed by atoms with Crippen LogP contribution in [0.5, 0.6) is 0 Å². The molecule has 0 aliphatic heterocycles. The summed E-state index contributed by atoms with van der Waals surface area (Å²) >= 11 is 0. The van der Waals surface area contributed by atoms with Crippen molar-refractivity contribution in [2.24, 2.45) is 4.99 Å². The van der Waals surface area contributed by atoms with Gasteiger partial charge in [0.2, 0.25) is 5.82 Å². The minimum absolute atomic E-state index is 0.299. The van der Waals surface area contributed by atoms with Gasteiger partial charge in [-0.1, -0.05) is 84.9 Å². The zero-order chi connectivity index (χ0) is 22.2. The highest BCUT2D eigenvalue weighted by Gasteiger charge is 2.22. The molecular formula is C25H23N5O2. The van der Waals surface area contributed by atoms with E-state index in [0.717, 1.165) is 28.0 Å². The lowest BCUT2D eigenvalue weighted by Gasteiger charge is -2.15. The molecule has 0 aliphatic rings. The second kappa shape index (κ2) is 10.3. The van der Waals surface area contributed by atoms with E-state index in [1.807, 2.05) is 84.9 Å². The lowest BCUT2D eigenvalue weighted by atomic mass is 10.00. The molecule has 1 atom stereocenters. The topological polar surface area (TPSA) is 93.1 Å². The first-order chi connectivity index (χ1) is 15.7. The number of aromatic amines is 1. The average Bonchev–Trinajstić information content (AvgIpc) is 3.38. The van der Waals surface area contributed by atoms with Gasteiger partial charge in [0, 0.05) is 23.1 Å². The van der Waals surface area contributed by atoms with Crippen LogP contribution < -0.4 is 0 Å². The van der Waals surface area contributed by atoms with Gasteiger partial charge < -0.3 is 4.74 Å². The fraction of sp³-hybridized carbons (Fsp3) is 0.160. The predicted molar refractivity (Wildman–Crippen MR) is 122 cm³/mol. The van der Waals surface area contributed by atoms with Crippen molar-refractivity contribution in [2.75, 3.05) is 6.61 Å². The Hall–Kier alpha value is -4.13. The van der Waals surface area contributed by atoms with Crippen LogP contribution in [-0.4, -0.2) is 45.0 Å². The summed E-state index contributed by atoms with van der Waals surface area (Å²) < 4.78 is 5.35. The van der Waals surface area contributed by atoms with E-state index in [1.54, 1.807) is 6.92 Å². The first kappa shape index (κ1) is 21.1. The molecule has 1 unspecified atom stereocenters. The van der Waals surface area contributed by atoms with Crippen molar-refractivity contribution in [1.29, 1.82) is 0 Å². The molecular weight excluding hydrogens is 402 g/mol. The molecule has 32 heavy (non-hydrogen) atoms. The largest absolute Gasteiger partial charge is 0.464 e. The first-order valence-corrected chi connectivity index (χ1v) is 10.4. The molecule has 0 spiro atoms. The number of esters is 1. The number of H-pyrrole nitrogens is 1. The average molecular weight is 425 g/mol. The molecule has 0 amide bonds. The van der Waals surface area contributed by atoms with Gasteiger partial charge in [0.1, 0.15) is 0 Å². The van der Waals surface area contributed by atoms with Crippen LogP contribution in [0.15, 0.2) is 89.9 Å². The molecule has 1 aromatic heterocycles. The van der Waals surface area contributed by atoms with E-state index in [4.69, 9.17) is 9.73 Å². The molecule has 0 fully saturated rings. The number of nitrogens with zero attached hydrogens (tertiary/aromatic N) is 4. The second-order valence-electron chi connectivity index (χ2n) is 7.11. The fourth-order valence-corrected chi connectivity index (χ4v) is 3.38. The van der Waals surface area contributed by atoms with Crippen LogP contribution in [0.3, 0.4) is 0 Å². The van der Waals surface area contributed by atoms with E-state index in [2.05, 4.69) is 20.6 Å². The Balaban J connectivity index is 1.68. The summed E-state index contributed by atoms with van der Waals surface area (Å²) in [5.41, 5.74) is 4.45. The lowest BCUT2D eigenvalue weighted by Crippen LogP contribution is -2.26. The molecule has 0 radical (unpaired) electrons. The van der Waals surface area contributed by atoms with E-state index >= 15 is 0 Å². The Labute approximate surface area is 186 Å². The molecule has 0 saturated carbocycles. The SMILES string of the molecule is CCOC(=O)C(Cc1ccc(-c2nn[nH]n2)cc1)N=C(c1ccccc1)c1ccccc1. The van der Waals surface area contributed by atoms with E-state index in [0.29, 0.717) is 18.9 Å². The smallest absolute Gasteiger partial charge is 0.331 e. The third-order valence-corrected chi connectivity index (χ3v) is 4.92. The fourth-order valence-electron chi connectivity index (χ4n) is 3.38. The quantitative estimate of drug-likeness (QED) is 0.342. The van der Waals surface area contributed by atoms with Crippen molar-refractivity contribution in [1.82, 2.24) is 20.6 Å². The van der Waals surface area contributed by atoms with Crippen molar-refractivity contribution in [3.05, 3.63) is 102 Å². The van der Waals surface area contributed by atoms with Crippen molar-refractivity contribution >= 4 is 11.7 Å². The van der Waals surface area contributed by atoms with Gasteiger partial charge in [-0.25, -0.2) is 4.79 Å². The predicted octanol–water partition coefficient (Wildman–Crippen LogP) is 3.88. The summed E-state index contributed by atoms with van der Waals surface area (Å²) in [6, 6.07) is 26.8. The lowest BCUT2D eigenvalue weighted by molar-refractivity contribution is -0.144. The third kappa shape index (κ3) is 5.13. The third-order valence-electron chi connectivity index (χ3n) is 4.92. The number of benzene rings is 3. The Morgan fingerprint density at radius 1 is 0.938 bits per heavy atom. The summed E-state index contributed by atoms with van der Waals surface area (Å²) in [5, 5.41) is 14.0. The number of rotatable bonds is 8. The van der Waals surface area contributed by atoms with E-state index in [1.165, 1.54) is 0 Å². The normalized spacial score (nSPS) is 11.5. The van der Waals surface area contributed by atoms with Crippen LogP contribution in [0.2, 0.25) is 0 Å². The van der Waals surface area contributed by atoms with E-state index in [-0.39, 0.29) is 5.97 Å². The zero-order valence-electron chi connectivity index (χ0n) is 17.7. The summed E-state index contributed by atoms with van der Waals surface area (Å²) in [4.78, 5) is 17.7. The Morgan fingerprint density at radius 3 is 2.09 bits per heavy atom. The molecule has 1 N–H and O–H groups in total. The monoisotopic (exact) mass is 425 g/mol. The Kier molecular flexibility index (Phi) is 6.77. The molecule has 0 saturated heterocycles. The number of aromatic nitrogens is 4. The summed E-state index contributed by atoms with van der Waals surface area (Å²) in [6.07, 6.45) is 0.411. The Bertz CT molecular complexity index is 1120. The number of aliphatic imine (C=N–C) groups is 1. The van der Waals surface area contributed by atoms with Gasteiger partial charge >= 0.3 is 5.97 Å². The minimum atomic E-state index is -0.679. The van der Waals surface area contributed by atoms with Gasteiger partial charge in [-0.2, -0.15) is 5.21 Å². The van der Waals surface area contributed by atoms with Gasteiger partial charge in [-0.15, -0.1) is 10.2 Å². The van der Waals surface area contributed by atoms with E-state index < -0.39 is 6.04 Å². The number of hydrogen-bond acceptors (Lipinski definition) is 6. The molecule has 4 aromatic rings. The first-order valence-electron chi connectivity index (χ1n) is 10.4. The molecule has 160 valence electrons. The molecule has 1 heterocycles. The zero-order valence-corrected chi connectivity index (χ0v) is 17.7. The number of hydrogen-bond donors (Lipinski definition) is 1. The molecule has 0 aliphatic carbocycles. The molecule has 7 heteroatoms. The van der Waals surface area contributed by atoms with Crippen molar-refractivity contribution in [3.63, 3.8) is 0 Å². The van der Waals surface area contributed by atoms with Crippen molar-refractivity contribution < 1.29 is 9.53 Å². The summed E-state index contributed by atoms with van der Waals surface area (Å²) in [6.45, 7) is 2.10. The van der Waals surface area contributed by atoms with Crippen molar-refractivity contribution in [3.8, 4) is 11.4 Å². The number of nitrogens with one attached hydrogen (secondary N) is 1. The van der Waals surface area contributed by atoms with Crippen LogP contribution in [0.1, 0.15) is 23.6 Å². The molecule has 4 rings (SSSR count). The van der Waals surface area contributed by atoms with Crippen LogP contribution in [-0.2, 0) is 16.0 Å². The Morgan fingerprint density at radius 2 is 1.56 bits per heavy atom. The highest BCUT2D eigenvalue weighted by Crippen LogP contribution is 2.18. The van der Waals surface area contributed by atoms with Gasteiger partial charge in [-0.3, -0.25) is 4.99 Å². The second-order valence-corrected chi connectivity index (χ2v) is 7.11. The van der Waals surface area contributed by atoms with Gasteiger partial charge in [0.05, 0.1) is 12.3 Å². The number of carbonyl (C=O) groups excluding carboxylic acids is 1. The van der Waals surface area contributed by atoms with Gasteiger partial charge in [0.15, 0.2) is 6.04 Å².